The van der Waals surface area contributed by atoms with Crippen LogP contribution in [-0.2, 0) is 6.18 Å². The Hall–Kier alpha value is -2.83. The predicted octanol–water partition coefficient (Wildman–Crippen LogP) is 4.10. The minimum Gasteiger partial charge on any atom is -0.350 e. The second-order valence-electron chi connectivity index (χ2n) is 5.74. The fourth-order valence-electron chi connectivity index (χ4n) is 2.12. The summed E-state index contributed by atoms with van der Waals surface area (Å²) in [7, 11) is 0. The van der Waals surface area contributed by atoms with E-state index < -0.39 is 17.6 Å². The van der Waals surface area contributed by atoms with Crippen LogP contribution in [0, 0.1) is 0 Å². The number of benzene rings is 2. The number of carbonyl (C=O) groups is 2. The Labute approximate surface area is 143 Å². The second-order valence-corrected chi connectivity index (χ2v) is 5.74. The highest BCUT2D eigenvalue weighted by atomic mass is 19.4. The molecule has 2 aromatic carbocycles. The molecule has 0 fully saturated rings. The van der Waals surface area contributed by atoms with Gasteiger partial charge in [-0.3, -0.25) is 9.59 Å². The zero-order valence-electron chi connectivity index (χ0n) is 13.6. The lowest BCUT2D eigenvalue weighted by Gasteiger charge is -2.11. The van der Waals surface area contributed by atoms with Crippen LogP contribution in [0.25, 0.3) is 0 Å². The molecule has 0 aliphatic rings. The molecule has 0 radical (unpaired) electrons. The Balaban J connectivity index is 2.18. The quantitative estimate of drug-likeness (QED) is 0.872. The van der Waals surface area contributed by atoms with Crippen LogP contribution in [0.3, 0.4) is 0 Å². The van der Waals surface area contributed by atoms with Crippen LogP contribution in [-0.4, -0.2) is 17.9 Å². The van der Waals surface area contributed by atoms with Gasteiger partial charge in [0.1, 0.15) is 0 Å². The summed E-state index contributed by atoms with van der Waals surface area (Å²) in [6, 6.07) is 10.3. The van der Waals surface area contributed by atoms with Gasteiger partial charge < -0.3 is 10.6 Å². The van der Waals surface area contributed by atoms with Gasteiger partial charge >= 0.3 is 6.18 Å². The van der Waals surface area contributed by atoms with Crippen LogP contribution in [0.5, 0.6) is 0 Å². The minimum absolute atomic E-state index is 0.0249. The molecule has 0 saturated carbocycles. The van der Waals surface area contributed by atoms with Crippen LogP contribution in [0.4, 0.5) is 18.9 Å². The maximum atomic E-state index is 12.7. The van der Waals surface area contributed by atoms with Gasteiger partial charge in [-0.2, -0.15) is 13.2 Å². The Kier molecular flexibility index (Phi) is 5.46. The molecule has 7 heteroatoms. The number of anilines is 1. The number of rotatable bonds is 4. The van der Waals surface area contributed by atoms with Crippen LogP contribution in [0.1, 0.15) is 40.1 Å². The fourth-order valence-corrected chi connectivity index (χ4v) is 2.12. The lowest BCUT2D eigenvalue weighted by atomic mass is 10.1. The molecule has 2 rings (SSSR count). The molecular formula is C18H17F3N2O2. The third kappa shape index (κ3) is 5.07. The topological polar surface area (TPSA) is 58.2 Å². The first-order valence-electron chi connectivity index (χ1n) is 7.56. The Morgan fingerprint density at radius 1 is 0.920 bits per heavy atom. The van der Waals surface area contributed by atoms with Gasteiger partial charge in [-0.15, -0.1) is 0 Å². The molecule has 25 heavy (non-hydrogen) atoms. The van der Waals surface area contributed by atoms with E-state index in [-0.39, 0.29) is 23.2 Å². The van der Waals surface area contributed by atoms with Gasteiger partial charge in [0.2, 0.25) is 0 Å². The number of nitrogens with one attached hydrogen (secondary N) is 2. The second kappa shape index (κ2) is 7.38. The zero-order chi connectivity index (χ0) is 18.6. The van der Waals surface area contributed by atoms with Crippen molar-refractivity contribution in [2.45, 2.75) is 26.1 Å². The third-order valence-corrected chi connectivity index (χ3v) is 3.25. The summed E-state index contributed by atoms with van der Waals surface area (Å²) in [6.07, 6.45) is -4.49. The Morgan fingerprint density at radius 3 is 2.12 bits per heavy atom. The number of hydrogen-bond donors (Lipinski definition) is 2. The normalized spacial score (nSPS) is 11.3. The first kappa shape index (κ1) is 18.5. The standard InChI is InChI=1S/C18H17F3N2O2/c1-11(2)22-16(24)12-5-3-6-13(9-12)17(25)23-15-8-4-7-14(10-15)18(19,20)21/h3-11H,1-2H3,(H,22,24)(H,23,25). The Morgan fingerprint density at radius 2 is 1.52 bits per heavy atom. The zero-order valence-corrected chi connectivity index (χ0v) is 13.6. The highest BCUT2D eigenvalue weighted by molar-refractivity contribution is 6.06. The number of carbonyl (C=O) groups excluding carboxylic acids is 2. The van der Waals surface area contributed by atoms with Crippen molar-refractivity contribution in [3.63, 3.8) is 0 Å². The van der Waals surface area contributed by atoms with E-state index in [2.05, 4.69) is 10.6 Å². The van der Waals surface area contributed by atoms with Gasteiger partial charge in [-0.25, -0.2) is 0 Å². The van der Waals surface area contributed by atoms with Crippen molar-refractivity contribution >= 4 is 17.5 Å². The van der Waals surface area contributed by atoms with Crippen molar-refractivity contribution in [1.82, 2.24) is 5.32 Å². The first-order valence-corrected chi connectivity index (χ1v) is 7.56. The molecule has 0 bridgehead atoms. The summed E-state index contributed by atoms with van der Waals surface area (Å²) >= 11 is 0. The number of alkyl halides is 3. The SMILES string of the molecule is CC(C)NC(=O)c1cccc(C(=O)Nc2cccc(C(F)(F)F)c2)c1. The molecule has 0 spiro atoms. The average Bonchev–Trinajstić information content (AvgIpc) is 2.54. The van der Waals surface area contributed by atoms with E-state index in [4.69, 9.17) is 0 Å². The number of amides is 2. The van der Waals surface area contributed by atoms with Crippen LogP contribution in [0.15, 0.2) is 48.5 Å². The molecule has 0 unspecified atom stereocenters. The van der Waals surface area contributed by atoms with Gasteiger partial charge in [0.05, 0.1) is 5.56 Å². The first-order chi connectivity index (χ1) is 11.7. The number of halogens is 3. The van der Waals surface area contributed by atoms with Gasteiger partial charge in [-0.05, 0) is 50.2 Å². The summed E-state index contributed by atoms with van der Waals surface area (Å²) < 4.78 is 38.2. The molecule has 0 aliphatic heterocycles. The van der Waals surface area contributed by atoms with Crippen molar-refractivity contribution in [2.75, 3.05) is 5.32 Å². The highest BCUT2D eigenvalue weighted by Gasteiger charge is 2.30. The largest absolute Gasteiger partial charge is 0.416 e. The summed E-state index contributed by atoms with van der Waals surface area (Å²) in [5, 5.41) is 5.11. The van der Waals surface area contributed by atoms with Crippen LogP contribution in [0.2, 0.25) is 0 Å². The molecular weight excluding hydrogens is 333 g/mol. The maximum absolute atomic E-state index is 12.7. The predicted molar refractivity (Wildman–Crippen MR) is 88.4 cm³/mol. The van der Waals surface area contributed by atoms with E-state index in [0.29, 0.717) is 5.56 Å². The molecule has 0 aromatic heterocycles. The van der Waals surface area contributed by atoms with Gasteiger partial charge in [0.15, 0.2) is 0 Å². The number of hydrogen-bond acceptors (Lipinski definition) is 2. The molecule has 0 heterocycles. The lowest BCUT2D eigenvalue weighted by molar-refractivity contribution is -0.137. The molecule has 0 atom stereocenters. The van der Waals surface area contributed by atoms with Crippen molar-refractivity contribution in [3.8, 4) is 0 Å². The van der Waals surface area contributed by atoms with Crippen molar-refractivity contribution in [3.05, 3.63) is 65.2 Å². The van der Waals surface area contributed by atoms with E-state index in [1.54, 1.807) is 6.07 Å². The highest BCUT2D eigenvalue weighted by Crippen LogP contribution is 2.30. The molecule has 2 N–H and O–H groups in total. The van der Waals surface area contributed by atoms with Crippen LogP contribution >= 0.6 is 0 Å². The van der Waals surface area contributed by atoms with Crippen molar-refractivity contribution < 1.29 is 22.8 Å². The van der Waals surface area contributed by atoms with Gasteiger partial charge in [0, 0.05) is 22.9 Å². The molecule has 0 aliphatic carbocycles. The maximum Gasteiger partial charge on any atom is 0.416 e. The van der Waals surface area contributed by atoms with E-state index in [1.807, 2.05) is 13.8 Å². The van der Waals surface area contributed by atoms with Crippen LogP contribution < -0.4 is 10.6 Å². The fraction of sp³-hybridized carbons (Fsp3) is 0.222. The molecule has 0 saturated heterocycles. The summed E-state index contributed by atoms with van der Waals surface area (Å²) in [5.41, 5.74) is -0.355. The average molecular weight is 350 g/mol. The van der Waals surface area contributed by atoms with E-state index in [1.165, 1.54) is 30.3 Å². The Bertz CT molecular complexity index is 786. The van der Waals surface area contributed by atoms with Crippen molar-refractivity contribution in [2.24, 2.45) is 0 Å². The molecule has 2 amide bonds. The van der Waals surface area contributed by atoms with E-state index >= 15 is 0 Å². The van der Waals surface area contributed by atoms with E-state index in [9.17, 15) is 22.8 Å². The molecule has 2 aromatic rings. The monoisotopic (exact) mass is 350 g/mol. The summed E-state index contributed by atoms with van der Waals surface area (Å²) in [5.74, 6) is -0.928. The lowest BCUT2D eigenvalue weighted by Crippen LogP contribution is -2.30. The smallest absolute Gasteiger partial charge is 0.350 e. The van der Waals surface area contributed by atoms with E-state index in [0.717, 1.165) is 12.1 Å². The van der Waals surface area contributed by atoms with Gasteiger partial charge in [0.25, 0.3) is 11.8 Å². The van der Waals surface area contributed by atoms with Gasteiger partial charge in [-0.1, -0.05) is 12.1 Å². The molecule has 132 valence electrons. The van der Waals surface area contributed by atoms with Crippen molar-refractivity contribution in [1.29, 1.82) is 0 Å². The molecule has 4 nitrogen and oxygen atoms in total. The summed E-state index contributed by atoms with van der Waals surface area (Å²) in [6.45, 7) is 3.62. The third-order valence-electron chi connectivity index (χ3n) is 3.25. The summed E-state index contributed by atoms with van der Waals surface area (Å²) in [4.78, 5) is 24.2. The minimum atomic E-state index is -4.49.